The summed E-state index contributed by atoms with van der Waals surface area (Å²) >= 11 is 4.60. The first-order valence-electron chi connectivity index (χ1n) is 1.62. The molecule has 1 aliphatic heterocycles. The third kappa shape index (κ3) is 0.894. The molecule has 0 saturated heterocycles. The second-order valence-corrected chi connectivity index (χ2v) is 2.86. The third-order valence-corrected chi connectivity index (χ3v) is 1.94. The number of hydrogen-bond donors (Lipinski definition) is 2. The third-order valence-electron chi connectivity index (χ3n) is 0.536. The minimum absolute atomic E-state index is 0.458. The van der Waals surface area contributed by atoms with Crippen molar-refractivity contribution in [2.75, 3.05) is 0 Å². The van der Waals surface area contributed by atoms with Gasteiger partial charge >= 0.3 is 0 Å². The summed E-state index contributed by atoms with van der Waals surface area (Å²) < 4.78 is 9.14. The summed E-state index contributed by atoms with van der Waals surface area (Å²) in [4.78, 5) is 0. The maximum atomic E-state index is 8.68. The number of nitrogens with one attached hydrogen (secondary N) is 1. The molecule has 0 amide bonds. The van der Waals surface area contributed by atoms with E-state index >= 15 is 0 Å². The number of thiocarbonyl (C=S) groups is 1. The van der Waals surface area contributed by atoms with Crippen LogP contribution in [0, 0.1) is 0 Å². The van der Waals surface area contributed by atoms with Gasteiger partial charge in [0.1, 0.15) is 0 Å². The quantitative estimate of drug-likeness (QED) is 0.473. The predicted molar refractivity (Wildman–Crippen MR) is 35.5 cm³/mol. The minimum atomic E-state index is -0.903. The molecule has 0 aromatic rings. The summed E-state index contributed by atoms with van der Waals surface area (Å²) in [6.07, 6.45) is 1.52. The predicted octanol–water partition coefficient (Wildman–Crippen LogP) is 0.531. The Balaban J connectivity index is 2.90. The first-order valence-corrected chi connectivity index (χ1v) is 3.21. The van der Waals surface area contributed by atoms with Crippen LogP contribution in [-0.2, 0) is 0 Å². The van der Waals surface area contributed by atoms with E-state index in [2.05, 4.69) is 22.6 Å². The SMILES string of the molecule is OS1=C=CNC1=S. The first kappa shape index (κ1) is 5.00. The van der Waals surface area contributed by atoms with Gasteiger partial charge in [-0.1, -0.05) is 12.2 Å². The molecule has 1 atom stereocenters. The standard InChI is InChI=1S/C3H3NOS2/c5-7-2-1-4-3(7)6/h1,5H,(H,4,6). The Morgan fingerprint density at radius 2 is 2.71 bits per heavy atom. The van der Waals surface area contributed by atoms with Crippen LogP contribution < -0.4 is 5.32 Å². The fourth-order valence-electron chi connectivity index (χ4n) is 0.254. The van der Waals surface area contributed by atoms with E-state index in [-0.39, 0.29) is 0 Å². The van der Waals surface area contributed by atoms with Crippen molar-refractivity contribution in [3.8, 4) is 0 Å². The monoisotopic (exact) mass is 133 g/mol. The molecule has 1 rings (SSSR count). The van der Waals surface area contributed by atoms with Crippen LogP contribution >= 0.6 is 23.0 Å². The van der Waals surface area contributed by atoms with Crippen molar-refractivity contribution in [3.63, 3.8) is 0 Å². The molecule has 2 nitrogen and oxygen atoms in total. The van der Waals surface area contributed by atoms with Gasteiger partial charge in [0.15, 0.2) is 4.32 Å². The second kappa shape index (κ2) is 1.76. The lowest BCUT2D eigenvalue weighted by atomic mass is 11.0. The van der Waals surface area contributed by atoms with Gasteiger partial charge in [0.25, 0.3) is 0 Å². The van der Waals surface area contributed by atoms with Gasteiger partial charge in [0, 0.05) is 10.8 Å². The van der Waals surface area contributed by atoms with E-state index in [1.807, 2.05) is 0 Å². The van der Waals surface area contributed by atoms with Crippen molar-refractivity contribution in [2.24, 2.45) is 0 Å². The lowest BCUT2D eigenvalue weighted by molar-refractivity contribution is 0.671. The zero-order valence-corrected chi connectivity index (χ0v) is 4.97. The molecule has 1 unspecified atom stereocenters. The van der Waals surface area contributed by atoms with Gasteiger partial charge in [-0.3, -0.25) is 0 Å². The maximum Gasteiger partial charge on any atom is 0.165 e. The van der Waals surface area contributed by atoms with E-state index in [1.165, 1.54) is 6.20 Å². The van der Waals surface area contributed by atoms with E-state index in [4.69, 9.17) is 4.55 Å². The molecule has 0 fully saturated rings. The van der Waals surface area contributed by atoms with E-state index in [0.717, 1.165) is 0 Å². The van der Waals surface area contributed by atoms with Crippen molar-refractivity contribution in [1.29, 1.82) is 0 Å². The summed E-state index contributed by atoms with van der Waals surface area (Å²) in [6, 6.07) is 0. The van der Waals surface area contributed by atoms with Crippen LogP contribution in [0.1, 0.15) is 0 Å². The topological polar surface area (TPSA) is 32.3 Å². The molecule has 4 heteroatoms. The molecule has 7 heavy (non-hydrogen) atoms. The molecule has 0 saturated carbocycles. The van der Waals surface area contributed by atoms with Gasteiger partial charge in [-0.2, -0.15) is 0 Å². The highest BCUT2D eigenvalue weighted by Crippen LogP contribution is 2.06. The Labute approximate surface area is 49.0 Å². The lowest BCUT2D eigenvalue weighted by Gasteiger charge is -1.89. The fourth-order valence-corrected chi connectivity index (χ4v) is 0.905. The molecule has 0 radical (unpaired) electrons. The summed E-state index contributed by atoms with van der Waals surface area (Å²) in [7, 11) is -0.903. The minimum Gasteiger partial charge on any atom is -0.338 e. The smallest absolute Gasteiger partial charge is 0.165 e. The van der Waals surface area contributed by atoms with Crippen molar-refractivity contribution < 1.29 is 4.55 Å². The van der Waals surface area contributed by atoms with Gasteiger partial charge < -0.3 is 9.87 Å². The van der Waals surface area contributed by atoms with E-state index in [1.54, 1.807) is 0 Å². The Hall–Kier alpha value is -0.150. The van der Waals surface area contributed by atoms with E-state index < -0.39 is 10.8 Å². The second-order valence-electron chi connectivity index (χ2n) is 0.979. The molecule has 1 aliphatic rings. The van der Waals surface area contributed by atoms with Crippen LogP contribution in [0.3, 0.4) is 0 Å². The average molecular weight is 133 g/mol. The Morgan fingerprint density at radius 3 is 2.86 bits per heavy atom. The van der Waals surface area contributed by atoms with Crippen LogP contribution in [-0.4, -0.2) is 13.9 Å². The normalized spacial score (nSPS) is 27.0. The van der Waals surface area contributed by atoms with Crippen LogP contribution in [0.2, 0.25) is 0 Å². The summed E-state index contributed by atoms with van der Waals surface area (Å²) in [5.74, 6) is 0. The number of rotatable bonds is 0. The zero-order valence-electron chi connectivity index (χ0n) is 3.34. The fraction of sp³-hybridized carbons (Fsp3) is 0. The van der Waals surface area contributed by atoms with Crippen LogP contribution in [0.25, 0.3) is 0 Å². The summed E-state index contributed by atoms with van der Waals surface area (Å²) in [5, 5.41) is 5.20. The molecule has 0 aromatic heterocycles. The highest BCUT2D eigenvalue weighted by molar-refractivity contribution is 8.30. The molecule has 0 bridgehead atoms. The largest absolute Gasteiger partial charge is 0.338 e. The van der Waals surface area contributed by atoms with Crippen molar-refractivity contribution in [1.82, 2.24) is 5.32 Å². The molecule has 0 aliphatic carbocycles. The molecular weight excluding hydrogens is 130 g/mol. The van der Waals surface area contributed by atoms with Gasteiger partial charge in [-0.15, -0.1) is 0 Å². The highest BCUT2D eigenvalue weighted by Gasteiger charge is 1.98. The van der Waals surface area contributed by atoms with Gasteiger partial charge in [0.05, 0.1) is 6.20 Å². The lowest BCUT2D eigenvalue weighted by Crippen LogP contribution is -2.05. The molecule has 1 heterocycles. The number of hydrogen-bond acceptors (Lipinski definition) is 2. The molecule has 38 valence electrons. The first-order chi connectivity index (χ1) is 3.30. The van der Waals surface area contributed by atoms with E-state index in [9.17, 15) is 0 Å². The van der Waals surface area contributed by atoms with Crippen molar-refractivity contribution >= 4 is 32.3 Å². The van der Waals surface area contributed by atoms with Gasteiger partial charge in [0.2, 0.25) is 0 Å². The Kier molecular flexibility index (Phi) is 1.25. The van der Waals surface area contributed by atoms with Gasteiger partial charge in [-0.05, 0) is 5.02 Å². The average Bonchev–Trinajstić information content (AvgIpc) is 1.91. The molecule has 0 spiro atoms. The van der Waals surface area contributed by atoms with Crippen molar-refractivity contribution in [2.45, 2.75) is 0 Å². The zero-order chi connectivity index (χ0) is 5.28. The Bertz CT molecular complexity index is 168. The van der Waals surface area contributed by atoms with Crippen LogP contribution in [0.15, 0.2) is 6.20 Å². The highest BCUT2D eigenvalue weighted by atomic mass is 32.2. The van der Waals surface area contributed by atoms with Gasteiger partial charge in [-0.25, -0.2) is 0 Å². The Morgan fingerprint density at radius 1 is 2.00 bits per heavy atom. The van der Waals surface area contributed by atoms with E-state index in [0.29, 0.717) is 4.32 Å². The molecule has 2 N–H and O–H groups in total. The molecule has 0 aromatic carbocycles. The van der Waals surface area contributed by atoms with Crippen LogP contribution in [0.5, 0.6) is 0 Å². The maximum absolute atomic E-state index is 8.68. The summed E-state index contributed by atoms with van der Waals surface area (Å²) in [6.45, 7) is 0. The summed E-state index contributed by atoms with van der Waals surface area (Å²) in [5.41, 5.74) is 0. The van der Waals surface area contributed by atoms with Crippen LogP contribution in [0.4, 0.5) is 0 Å². The van der Waals surface area contributed by atoms with Crippen molar-refractivity contribution in [3.05, 3.63) is 6.20 Å². The molecular formula is C3H3NOS2.